The van der Waals surface area contributed by atoms with Crippen LogP contribution in [-0.4, -0.2) is 0 Å². The largest absolute Gasteiger partial charge is 0.456 e. The van der Waals surface area contributed by atoms with Gasteiger partial charge in [-0.15, -0.1) is 11.3 Å². The monoisotopic (exact) mass is 712 g/mol. The van der Waals surface area contributed by atoms with Gasteiger partial charge in [0.1, 0.15) is 11.2 Å². The predicted molar refractivity (Wildman–Crippen MR) is 235 cm³/mol. The van der Waals surface area contributed by atoms with Gasteiger partial charge in [-0.05, 0) is 122 Å². The smallest absolute Gasteiger partial charge is 0.136 e. The van der Waals surface area contributed by atoms with E-state index in [0.29, 0.717) is 0 Å². The molecular weight excluding hydrogens is 673 g/mol. The molecule has 0 saturated heterocycles. The van der Waals surface area contributed by atoms with E-state index < -0.39 is 0 Å². The Balaban J connectivity index is 1.28. The van der Waals surface area contributed by atoms with Crippen LogP contribution in [0, 0.1) is 0 Å². The number of thiophene rings is 1. The molecule has 0 N–H and O–H groups in total. The van der Waals surface area contributed by atoms with Crippen molar-refractivity contribution in [2.24, 2.45) is 0 Å². The Bertz CT molecular complexity index is 2900. The van der Waals surface area contributed by atoms with Gasteiger partial charge in [0, 0.05) is 25.9 Å². The molecule has 2 heterocycles. The summed E-state index contributed by atoms with van der Waals surface area (Å²) in [6.07, 6.45) is 19.6. The van der Waals surface area contributed by atoms with Gasteiger partial charge < -0.3 is 4.42 Å². The zero-order chi connectivity index (χ0) is 36.6. The Labute approximate surface area is 320 Å². The molecule has 260 valence electrons. The Kier molecular flexibility index (Phi) is 8.90. The van der Waals surface area contributed by atoms with Crippen LogP contribution in [0.15, 0.2) is 188 Å². The van der Waals surface area contributed by atoms with Crippen molar-refractivity contribution in [3.8, 4) is 10.4 Å². The highest BCUT2D eigenvalue weighted by Gasteiger charge is 2.20. The number of rotatable bonds is 7. The fourth-order valence-electron chi connectivity index (χ4n) is 7.92. The molecule has 0 bridgehead atoms. The first-order valence-corrected chi connectivity index (χ1v) is 19.5. The molecule has 7 aromatic rings. The van der Waals surface area contributed by atoms with Crippen molar-refractivity contribution in [1.29, 1.82) is 0 Å². The molecule has 0 spiro atoms. The van der Waals surface area contributed by atoms with E-state index in [1.165, 1.54) is 20.5 Å². The van der Waals surface area contributed by atoms with E-state index in [9.17, 15) is 0 Å². The summed E-state index contributed by atoms with van der Waals surface area (Å²) in [6.45, 7) is 14.3. The van der Waals surface area contributed by atoms with Gasteiger partial charge in [0.25, 0.3) is 0 Å². The third-order valence-corrected chi connectivity index (χ3v) is 11.9. The van der Waals surface area contributed by atoms with Crippen LogP contribution in [0.1, 0.15) is 42.4 Å². The summed E-state index contributed by atoms with van der Waals surface area (Å²) < 4.78 is 7.72. The minimum absolute atomic E-state index is 0.879. The van der Waals surface area contributed by atoms with Crippen LogP contribution in [0.5, 0.6) is 0 Å². The van der Waals surface area contributed by atoms with Crippen LogP contribution in [0.2, 0.25) is 0 Å². The van der Waals surface area contributed by atoms with Crippen LogP contribution in [0.25, 0.3) is 70.3 Å². The number of hydrogen-bond donors (Lipinski definition) is 0. The second kappa shape index (κ2) is 14.3. The third kappa shape index (κ3) is 6.09. The van der Waals surface area contributed by atoms with E-state index in [-0.39, 0.29) is 0 Å². The van der Waals surface area contributed by atoms with Gasteiger partial charge in [0.05, 0.1) is 0 Å². The predicted octanol–water partition coefficient (Wildman–Crippen LogP) is 13.4. The molecule has 0 unspecified atom stereocenters. The quantitative estimate of drug-likeness (QED) is 0.160. The summed E-state index contributed by atoms with van der Waals surface area (Å²) in [5.74, 6) is 0. The van der Waals surface area contributed by atoms with Gasteiger partial charge in [-0.1, -0.05) is 147 Å². The molecular formula is C52H40OS. The number of fused-ring (bicyclic) bond motifs is 5. The number of allylic oxidation sites excluding steroid dienone is 11. The van der Waals surface area contributed by atoms with Crippen molar-refractivity contribution in [1.82, 2.24) is 0 Å². The number of para-hydroxylation sites is 1. The molecule has 2 aliphatic carbocycles. The summed E-state index contributed by atoms with van der Waals surface area (Å²) in [5.41, 5.74) is 12.7. The average Bonchev–Trinajstić information content (AvgIpc) is 3.83. The lowest BCUT2D eigenvalue weighted by Gasteiger charge is -2.19. The normalized spacial score (nSPS) is 16.0. The van der Waals surface area contributed by atoms with Gasteiger partial charge >= 0.3 is 0 Å². The molecule has 0 radical (unpaired) electrons. The zero-order valence-corrected chi connectivity index (χ0v) is 31.1. The highest BCUT2D eigenvalue weighted by atomic mass is 32.1. The van der Waals surface area contributed by atoms with E-state index in [2.05, 4.69) is 152 Å². The first kappa shape index (κ1) is 33.6. The highest BCUT2D eigenvalue weighted by molar-refractivity contribution is 7.22. The number of benzene rings is 5. The van der Waals surface area contributed by atoms with Crippen molar-refractivity contribution >= 4 is 71.2 Å². The van der Waals surface area contributed by atoms with E-state index >= 15 is 0 Å². The maximum Gasteiger partial charge on any atom is 0.136 e. The Hall–Kier alpha value is -6.22. The van der Waals surface area contributed by atoms with Crippen molar-refractivity contribution in [3.63, 3.8) is 0 Å². The standard InChI is InChI=1S/C52H40OS/c1-34(37-19-7-6-8-20-37)39-24-12-13-25-40(39)35(2)41-22-9-4-5-10-23-42(44-27-15-14-26-43(41)44)36(3)46-32-47-45-28-16-17-29-49(45)53-50(47)33-48(46)52-31-38-21-11-18-30-51(38)54-52/h6-7,9-19,21-33H,1-5,8,20H2/b22-9?,23-10+,43-41?,44-42+. The van der Waals surface area contributed by atoms with Crippen molar-refractivity contribution in [2.45, 2.75) is 25.7 Å². The fraction of sp³-hybridized carbons (Fsp3) is 0.0769. The first-order valence-electron chi connectivity index (χ1n) is 18.7. The number of furan rings is 1. The molecule has 0 amide bonds. The third-order valence-electron chi connectivity index (χ3n) is 10.7. The average molecular weight is 713 g/mol. The minimum atomic E-state index is 0.879. The SMILES string of the molecule is C=C(C1=CC=CCC1)c1ccccc1C(=C)C1=c2cccc/c2=C(C(=C)c2cc3c(cc2-c2cc4ccccc4s2)oc2ccccc23)/C=C/CCC=C1. The molecule has 2 aliphatic rings. The van der Waals surface area contributed by atoms with Crippen LogP contribution in [0.4, 0.5) is 0 Å². The second-order valence-electron chi connectivity index (χ2n) is 14.0. The van der Waals surface area contributed by atoms with Gasteiger partial charge in [-0.2, -0.15) is 0 Å². The van der Waals surface area contributed by atoms with Gasteiger partial charge in [0.2, 0.25) is 0 Å². The van der Waals surface area contributed by atoms with Gasteiger partial charge in [-0.25, -0.2) is 0 Å². The lowest BCUT2D eigenvalue weighted by atomic mass is 9.85. The molecule has 5 aromatic carbocycles. The minimum Gasteiger partial charge on any atom is -0.456 e. The molecule has 0 saturated carbocycles. The number of hydrogen-bond acceptors (Lipinski definition) is 2. The van der Waals surface area contributed by atoms with Crippen LogP contribution < -0.4 is 10.4 Å². The van der Waals surface area contributed by atoms with Crippen LogP contribution >= 0.6 is 11.3 Å². The molecule has 54 heavy (non-hydrogen) atoms. The summed E-state index contributed by atoms with van der Waals surface area (Å²) in [7, 11) is 0. The maximum atomic E-state index is 6.46. The van der Waals surface area contributed by atoms with Crippen molar-refractivity contribution in [2.75, 3.05) is 0 Å². The van der Waals surface area contributed by atoms with Gasteiger partial charge in [-0.3, -0.25) is 0 Å². The molecule has 9 rings (SSSR count). The summed E-state index contributed by atoms with van der Waals surface area (Å²) in [5, 5.41) is 5.68. The Morgan fingerprint density at radius 3 is 1.93 bits per heavy atom. The van der Waals surface area contributed by atoms with E-state index in [4.69, 9.17) is 17.6 Å². The Morgan fingerprint density at radius 1 is 0.556 bits per heavy atom. The van der Waals surface area contributed by atoms with Crippen molar-refractivity contribution in [3.05, 3.63) is 210 Å². The van der Waals surface area contributed by atoms with Crippen LogP contribution in [-0.2, 0) is 0 Å². The van der Waals surface area contributed by atoms with E-state index in [1.807, 2.05) is 23.5 Å². The second-order valence-corrected chi connectivity index (χ2v) is 15.1. The molecule has 2 heteroatoms. The van der Waals surface area contributed by atoms with E-state index in [0.717, 1.165) is 108 Å². The van der Waals surface area contributed by atoms with E-state index in [1.54, 1.807) is 0 Å². The molecule has 2 aromatic heterocycles. The lowest BCUT2D eigenvalue weighted by molar-refractivity contribution is 0.669. The zero-order valence-electron chi connectivity index (χ0n) is 30.3. The molecule has 0 aliphatic heterocycles. The molecule has 0 fully saturated rings. The molecule has 1 nitrogen and oxygen atoms in total. The lowest BCUT2D eigenvalue weighted by Crippen LogP contribution is -2.29. The highest BCUT2D eigenvalue weighted by Crippen LogP contribution is 2.43. The fourth-order valence-corrected chi connectivity index (χ4v) is 9.01. The van der Waals surface area contributed by atoms with Crippen molar-refractivity contribution < 1.29 is 4.42 Å². The first-order chi connectivity index (χ1) is 26.5. The summed E-state index contributed by atoms with van der Waals surface area (Å²) in [6, 6.07) is 41.0. The van der Waals surface area contributed by atoms with Crippen LogP contribution in [0.3, 0.4) is 0 Å². The molecule has 0 atom stereocenters. The Morgan fingerprint density at radius 2 is 1.20 bits per heavy atom. The summed E-state index contributed by atoms with van der Waals surface area (Å²) in [4.78, 5) is 1.19. The topological polar surface area (TPSA) is 13.1 Å². The van der Waals surface area contributed by atoms with Gasteiger partial charge in [0.15, 0.2) is 0 Å². The maximum absolute atomic E-state index is 6.46. The summed E-state index contributed by atoms with van der Waals surface area (Å²) >= 11 is 1.81.